The molecular weight excluding hydrogens is 302 g/mol. The zero-order valence-electron chi connectivity index (χ0n) is 13.6. The lowest BCUT2D eigenvalue weighted by molar-refractivity contribution is 0.205. The summed E-state index contributed by atoms with van der Waals surface area (Å²) in [7, 11) is 1.89. The number of nitrogens with two attached hydrogens (primary N) is 1. The number of aryl methyl sites for hydroxylation is 1. The number of hydrogen-bond donors (Lipinski definition) is 2. The van der Waals surface area contributed by atoms with E-state index < -0.39 is 0 Å². The molecule has 6 nitrogen and oxygen atoms in total. The Kier molecular flexibility index (Phi) is 5.08. The first-order valence-corrected chi connectivity index (χ1v) is 7.86. The summed E-state index contributed by atoms with van der Waals surface area (Å²) in [6.45, 7) is 1.19. The number of pyridine rings is 1. The van der Waals surface area contributed by atoms with Gasteiger partial charge in [0.1, 0.15) is 6.10 Å². The molecule has 1 aromatic carbocycles. The molecule has 1 aliphatic rings. The van der Waals surface area contributed by atoms with Crippen molar-refractivity contribution < 1.29 is 4.74 Å². The Labute approximate surface area is 141 Å². The van der Waals surface area contributed by atoms with E-state index in [9.17, 15) is 0 Å². The highest BCUT2D eigenvalue weighted by molar-refractivity contribution is 5.69. The molecule has 1 unspecified atom stereocenters. The van der Waals surface area contributed by atoms with Gasteiger partial charge >= 0.3 is 0 Å². The molecule has 0 amide bonds. The lowest BCUT2D eigenvalue weighted by Crippen LogP contribution is -2.37. The van der Waals surface area contributed by atoms with E-state index in [1.165, 1.54) is 0 Å². The van der Waals surface area contributed by atoms with Crippen molar-refractivity contribution in [3.05, 3.63) is 61.1 Å². The minimum absolute atomic E-state index is 0.00533. The molecule has 0 bridgehead atoms. The summed E-state index contributed by atoms with van der Waals surface area (Å²) >= 11 is 0. The molecule has 0 spiro atoms. The first-order chi connectivity index (χ1) is 11.8. The van der Waals surface area contributed by atoms with Crippen LogP contribution in [0.4, 0.5) is 5.69 Å². The lowest BCUT2D eigenvalue weighted by Gasteiger charge is -2.25. The number of benzene rings is 1. The average molecular weight is 323 g/mol. The van der Waals surface area contributed by atoms with Crippen LogP contribution in [0.2, 0.25) is 0 Å². The molecule has 0 saturated carbocycles. The Morgan fingerprint density at radius 2 is 1.88 bits per heavy atom. The van der Waals surface area contributed by atoms with Gasteiger partial charge in [0.2, 0.25) is 5.88 Å². The first kappa shape index (κ1) is 16.0. The van der Waals surface area contributed by atoms with Crippen LogP contribution in [0, 0.1) is 0 Å². The maximum atomic E-state index is 5.66. The van der Waals surface area contributed by atoms with E-state index in [0.717, 1.165) is 16.8 Å². The lowest BCUT2D eigenvalue weighted by atomic mass is 10.1. The number of nitrogens with zero attached hydrogens (tertiary/aromatic N) is 3. The van der Waals surface area contributed by atoms with Gasteiger partial charge in [0.15, 0.2) is 0 Å². The highest BCUT2D eigenvalue weighted by Gasteiger charge is 2.19. The highest BCUT2D eigenvalue weighted by atomic mass is 16.5. The number of hydrogen-bond acceptors (Lipinski definition) is 5. The molecule has 0 fully saturated rings. The van der Waals surface area contributed by atoms with E-state index in [4.69, 9.17) is 10.5 Å². The molecular formula is C18H21N5O. The number of anilines is 1. The van der Waals surface area contributed by atoms with Crippen molar-refractivity contribution >= 4 is 5.69 Å². The predicted octanol–water partition coefficient (Wildman–Crippen LogP) is 2.30. The normalized spacial score (nSPS) is 15.3. The van der Waals surface area contributed by atoms with Crippen LogP contribution in [0.5, 0.6) is 5.88 Å². The third-order valence-corrected chi connectivity index (χ3v) is 3.62. The topological polar surface area (TPSA) is 78.0 Å². The fourth-order valence-electron chi connectivity index (χ4n) is 2.34. The monoisotopic (exact) mass is 323 g/mol. The van der Waals surface area contributed by atoms with Crippen LogP contribution in [0.3, 0.4) is 0 Å². The van der Waals surface area contributed by atoms with Crippen molar-refractivity contribution in [2.45, 2.75) is 6.10 Å². The standard InChI is InChI=1S/C12H15N5O.C6H6/c1-17-7-9(5-16-17)8-2-11-12(15-4-8)18-10(3-13)6-14-11;1-2-4-6-5-3-1/h2,4-5,7,10,14H,3,6,13H2,1H3;1-6H. The number of fused-ring (bicyclic) bond motifs is 1. The quantitative estimate of drug-likeness (QED) is 0.756. The summed E-state index contributed by atoms with van der Waals surface area (Å²) in [5, 5.41) is 7.44. The zero-order valence-corrected chi connectivity index (χ0v) is 13.6. The molecule has 1 atom stereocenters. The molecule has 3 N–H and O–H groups in total. The molecule has 0 radical (unpaired) electrons. The van der Waals surface area contributed by atoms with Gasteiger partial charge in [-0.3, -0.25) is 4.68 Å². The predicted molar refractivity (Wildman–Crippen MR) is 94.8 cm³/mol. The maximum absolute atomic E-state index is 5.66. The Hall–Kier alpha value is -2.86. The van der Waals surface area contributed by atoms with Gasteiger partial charge in [-0.15, -0.1) is 0 Å². The van der Waals surface area contributed by atoms with Crippen molar-refractivity contribution in [2.24, 2.45) is 12.8 Å². The van der Waals surface area contributed by atoms with Crippen LogP contribution in [0.1, 0.15) is 0 Å². The van der Waals surface area contributed by atoms with Crippen LogP contribution in [-0.2, 0) is 7.05 Å². The third kappa shape index (κ3) is 3.91. The van der Waals surface area contributed by atoms with Gasteiger partial charge in [0, 0.05) is 37.1 Å². The largest absolute Gasteiger partial charge is 0.470 e. The molecule has 6 heteroatoms. The summed E-state index contributed by atoms with van der Waals surface area (Å²) in [6.07, 6.45) is 5.55. The van der Waals surface area contributed by atoms with Gasteiger partial charge < -0.3 is 15.8 Å². The summed E-state index contributed by atoms with van der Waals surface area (Å²) in [6, 6.07) is 14.0. The van der Waals surface area contributed by atoms with Crippen molar-refractivity contribution in [3.63, 3.8) is 0 Å². The van der Waals surface area contributed by atoms with Crippen LogP contribution >= 0.6 is 0 Å². The molecule has 2 aromatic heterocycles. The van der Waals surface area contributed by atoms with Crippen molar-refractivity contribution in [1.29, 1.82) is 0 Å². The van der Waals surface area contributed by atoms with Crippen molar-refractivity contribution in [2.75, 3.05) is 18.4 Å². The Bertz CT molecular complexity index is 745. The fourth-order valence-corrected chi connectivity index (χ4v) is 2.34. The SMILES string of the molecule is Cn1cc(-c2cnc3c(c2)NCC(CN)O3)cn1.c1ccccc1. The Morgan fingerprint density at radius 1 is 1.17 bits per heavy atom. The minimum atomic E-state index is -0.00533. The maximum Gasteiger partial charge on any atom is 0.237 e. The van der Waals surface area contributed by atoms with Gasteiger partial charge in [0.05, 0.1) is 18.4 Å². The molecule has 3 aromatic rings. The first-order valence-electron chi connectivity index (χ1n) is 7.86. The Balaban J connectivity index is 0.000000238. The zero-order chi connectivity index (χ0) is 16.8. The van der Waals surface area contributed by atoms with E-state index in [2.05, 4.69) is 15.4 Å². The summed E-state index contributed by atoms with van der Waals surface area (Å²) < 4.78 is 7.42. The molecule has 124 valence electrons. The number of rotatable bonds is 2. The van der Waals surface area contributed by atoms with Gasteiger partial charge in [-0.05, 0) is 6.07 Å². The van der Waals surface area contributed by atoms with Crippen LogP contribution in [0.15, 0.2) is 61.1 Å². The molecule has 24 heavy (non-hydrogen) atoms. The second-order valence-corrected chi connectivity index (χ2v) is 5.49. The Morgan fingerprint density at radius 3 is 2.46 bits per heavy atom. The number of nitrogens with one attached hydrogen (secondary N) is 1. The molecule has 4 rings (SSSR count). The van der Waals surface area contributed by atoms with Gasteiger partial charge in [0.25, 0.3) is 0 Å². The van der Waals surface area contributed by atoms with Gasteiger partial charge in [-0.25, -0.2) is 4.98 Å². The van der Waals surface area contributed by atoms with E-state index in [1.807, 2.05) is 61.9 Å². The van der Waals surface area contributed by atoms with Crippen LogP contribution in [-0.4, -0.2) is 34.0 Å². The van der Waals surface area contributed by atoms with Gasteiger partial charge in [-0.1, -0.05) is 36.4 Å². The third-order valence-electron chi connectivity index (χ3n) is 3.62. The molecule has 1 aliphatic heterocycles. The minimum Gasteiger partial charge on any atom is -0.470 e. The molecule has 0 aliphatic carbocycles. The van der Waals surface area contributed by atoms with E-state index >= 15 is 0 Å². The summed E-state index contributed by atoms with van der Waals surface area (Å²) in [4.78, 5) is 4.33. The molecule has 0 saturated heterocycles. The smallest absolute Gasteiger partial charge is 0.237 e. The highest BCUT2D eigenvalue weighted by Crippen LogP contribution is 2.30. The van der Waals surface area contributed by atoms with E-state index in [-0.39, 0.29) is 6.10 Å². The number of aromatic nitrogens is 3. The van der Waals surface area contributed by atoms with Crippen molar-refractivity contribution in [3.8, 4) is 17.0 Å². The average Bonchev–Trinajstić information content (AvgIpc) is 3.09. The van der Waals surface area contributed by atoms with E-state index in [0.29, 0.717) is 19.0 Å². The van der Waals surface area contributed by atoms with Crippen LogP contribution in [0.25, 0.3) is 11.1 Å². The van der Waals surface area contributed by atoms with E-state index in [1.54, 1.807) is 10.9 Å². The second kappa shape index (κ2) is 7.61. The van der Waals surface area contributed by atoms with Gasteiger partial charge in [-0.2, -0.15) is 5.10 Å². The summed E-state index contributed by atoms with van der Waals surface area (Å²) in [5.74, 6) is 0.615. The summed E-state index contributed by atoms with van der Waals surface area (Å²) in [5.41, 5.74) is 8.54. The second-order valence-electron chi connectivity index (χ2n) is 5.49. The van der Waals surface area contributed by atoms with Crippen LogP contribution < -0.4 is 15.8 Å². The van der Waals surface area contributed by atoms with Crippen molar-refractivity contribution in [1.82, 2.24) is 14.8 Å². The fraction of sp³-hybridized carbons (Fsp3) is 0.222. The number of ether oxygens (including phenoxy) is 1. The molecule has 3 heterocycles.